The summed E-state index contributed by atoms with van der Waals surface area (Å²) in [5.41, 5.74) is 23.9. The number of rotatable bonds is 11. The molecule has 6 heteroatoms. The fourth-order valence-electron chi connectivity index (χ4n) is 14.1. The minimum atomic E-state index is 0.351. The Morgan fingerprint density at radius 3 is 1.42 bits per heavy atom. The lowest BCUT2D eigenvalue weighted by Crippen LogP contribution is -2.05. The van der Waals surface area contributed by atoms with E-state index in [1.54, 1.807) is 0 Å². The average Bonchev–Trinajstić information content (AvgIpc) is 3.12. The van der Waals surface area contributed by atoms with E-state index in [0.717, 1.165) is 102 Å². The predicted molar refractivity (Wildman–Crippen MR) is 350 cm³/mol. The van der Waals surface area contributed by atoms with E-state index in [1.807, 2.05) is 6.20 Å². The molecule has 0 saturated carbocycles. The maximum absolute atomic E-state index is 6.57. The van der Waals surface area contributed by atoms with Crippen LogP contribution in [0, 0.1) is 20.8 Å². The number of furan rings is 2. The zero-order chi connectivity index (χ0) is 56.3. The summed E-state index contributed by atoms with van der Waals surface area (Å²) in [5, 5.41) is 9.39. The Morgan fingerprint density at radius 2 is 0.869 bits per heavy atom. The molecular formula is C78H60N4O2. The zero-order valence-electron chi connectivity index (χ0n) is 47.7. The van der Waals surface area contributed by atoms with Crippen LogP contribution < -0.4 is 0 Å². The van der Waals surface area contributed by atoms with Crippen LogP contribution in [0.2, 0.25) is 0 Å². The number of hydrogen-bond acceptors (Lipinski definition) is 3. The number of nitrogens with zero attached hydrogens (tertiary/aromatic N) is 4. The van der Waals surface area contributed by atoms with Crippen LogP contribution in [0.25, 0.3) is 138 Å². The first-order chi connectivity index (χ1) is 41.2. The number of hydrogen-bond donors (Lipinski definition) is 0. The highest BCUT2D eigenvalue weighted by Crippen LogP contribution is 2.42. The molecule has 0 N–H and O–H groups in total. The van der Waals surface area contributed by atoms with Crippen LogP contribution in [-0.4, -0.2) is 18.7 Å². The normalized spacial score (nSPS) is 12.8. The third-order valence-electron chi connectivity index (χ3n) is 18.1. The molecule has 0 aliphatic carbocycles. The summed E-state index contributed by atoms with van der Waals surface area (Å²) in [6.45, 7) is 11.3. The Kier molecular flexibility index (Phi) is 11.5. The van der Waals surface area contributed by atoms with Crippen LogP contribution >= 0.6 is 0 Å². The molecule has 84 heavy (non-hydrogen) atoms. The van der Waals surface area contributed by atoms with Crippen molar-refractivity contribution >= 4 is 87.5 Å². The van der Waals surface area contributed by atoms with Crippen molar-refractivity contribution in [2.75, 3.05) is 0 Å². The van der Waals surface area contributed by atoms with Gasteiger partial charge in [-0.1, -0.05) is 147 Å². The van der Waals surface area contributed by atoms with Gasteiger partial charge >= 0.3 is 0 Å². The molecule has 2 atom stereocenters. The number of benzene rings is 11. The number of para-hydroxylation sites is 3. The lowest BCUT2D eigenvalue weighted by Gasteiger charge is -2.21. The standard InChI is InChI=1S/C78H60N4O2/c1-6-51(52-22-24-53(25-23-52)78-79-36-37-80(78)77-49(4)38-47(2)39-50(77)5)40-48(3)54-26-31-72-64(42-54)63-18-9-12-21-71(63)82(72)60-30-35-76-68(46-60)66-44-58(28-33-74(66)84-76)56-15-13-14-55(41-56)57-27-32-73-65(43-57)67-45-59(29-34-75(67)83-73)81-69-19-10-7-16-61(69)62-17-8-11-20-70(62)81/h7-39,41-46,48,51H,6,40H2,1-5H3. The highest BCUT2D eigenvalue weighted by molar-refractivity contribution is 6.13. The summed E-state index contributed by atoms with van der Waals surface area (Å²) in [6, 6.07) is 82.3. The van der Waals surface area contributed by atoms with Gasteiger partial charge in [0.25, 0.3) is 0 Å². The first-order valence-corrected chi connectivity index (χ1v) is 29.5. The highest BCUT2D eigenvalue weighted by atomic mass is 16.3. The van der Waals surface area contributed by atoms with E-state index >= 15 is 0 Å². The van der Waals surface area contributed by atoms with E-state index in [0.29, 0.717) is 11.8 Å². The molecule has 0 amide bonds. The minimum Gasteiger partial charge on any atom is -0.456 e. The Balaban J connectivity index is 0.693. The first kappa shape index (κ1) is 49.6. The molecule has 0 aliphatic heterocycles. The fraction of sp³-hybridized carbons (Fsp3) is 0.115. The van der Waals surface area contributed by atoms with Crippen molar-refractivity contribution in [3.63, 3.8) is 0 Å². The minimum absolute atomic E-state index is 0.351. The Hall–Kier alpha value is -10.2. The molecule has 5 aromatic heterocycles. The lowest BCUT2D eigenvalue weighted by atomic mass is 9.84. The zero-order valence-corrected chi connectivity index (χ0v) is 47.7. The van der Waals surface area contributed by atoms with Crippen LogP contribution in [0.15, 0.2) is 246 Å². The smallest absolute Gasteiger partial charge is 0.144 e. The van der Waals surface area contributed by atoms with Gasteiger partial charge in [0.2, 0.25) is 0 Å². The van der Waals surface area contributed by atoms with E-state index in [1.165, 1.54) is 77.1 Å². The second kappa shape index (κ2) is 19.5. The molecule has 0 fully saturated rings. The third-order valence-corrected chi connectivity index (χ3v) is 18.1. The van der Waals surface area contributed by atoms with Gasteiger partial charge in [-0.15, -0.1) is 0 Å². The Labute approximate surface area is 487 Å². The largest absolute Gasteiger partial charge is 0.456 e. The number of aryl methyl sites for hydroxylation is 3. The van der Waals surface area contributed by atoms with Gasteiger partial charge < -0.3 is 18.0 Å². The predicted octanol–water partition coefficient (Wildman–Crippen LogP) is 21.5. The quantitative estimate of drug-likeness (QED) is 0.130. The first-order valence-electron chi connectivity index (χ1n) is 29.5. The van der Waals surface area contributed by atoms with Gasteiger partial charge in [-0.05, 0) is 187 Å². The monoisotopic (exact) mass is 1080 g/mol. The topological polar surface area (TPSA) is 54.0 Å². The van der Waals surface area contributed by atoms with Crippen molar-refractivity contribution in [1.29, 1.82) is 0 Å². The SMILES string of the molecule is CCC(CC(C)c1ccc2c(c1)c1ccccc1n2-c1ccc2oc3ccc(-c4cccc(-c5ccc6oc7ccc(-n8c9ccccc9c9ccccc98)cc7c6c5)c4)cc3c2c1)c1ccc(-c2nccn2-c2c(C)cc(C)cc2C)cc1. The summed E-state index contributed by atoms with van der Waals surface area (Å²) >= 11 is 0. The van der Waals surface area contributed by atoms with Crippen molar-refractivity contribution < 1.29 is 8.83 Å². The van der Waals surface area contributed by atoms with Crippen LogP contribution in [-0.2, 0) is 0 Å². The molecule has 404 valence electrons. The number of fused-ring (bicyclic) bond motifs is 12. The number of imidazole rings is 1. The summed E-state index contributed by atoms with van der Waals surface area (Å²) < 4.78 is 20.1. The van der Waals surface area contributed by atoms with Crippen LogP contribution in [0.5, 0.6) is 0 Å². The second-order valence-corrected chi connectivity index (χ2v) is 23.3. The number of aromatic nitrogens is 4. The highest BCUT2D eigenvalue weighted by Gasteiger charge is 2.22. The van der Waals surface area contributed by atoms with Gasteiger partial charge in [-0.2, -0.15) is 0 Å². The molecular weight excluding hydrogens is 1020 g/mol. The summed E-state index contributed by atoms with van der Waals surface area (Å²) in [7, 11) is 0. The van der Waals surface area contributed by atoms with Gasteiger partial charge in [0.1, 0.15) is 28.2 Å². The summed E-state index contributed by atoms with van der Waals surface area (Å²) in [6.07, 6.45) is 6.12. The Morgan fingerprint density at radius 1 is 0.405 bits per heavy atom. The second-order valence-electron chi connectivity index (χ2n) is 23.3. The molecule has 2 unspecified atom stereocenters. The van der Waals surface area contributed by atoms with Crippen molar-refractivity contribution in [3.05, 3.63) is 265 Å². The van der Waals surface area contributed by atoms with Gasteiger partial charge in [0, 0.05) is 72.4 Å². The van der Waals surface area contributed by atoms with Crippen LogP contribution in [0.1, 0.15) is 66.3 Å². The van der Waals surface area contributed by atoms with Gasteiger partial charge in [-0.25, -0.2) is 4.98 Å². The molecule has 0 aliphatic rings. The van der Waals surface area contributed by atoms with Crippen molar-refractivity contribution in [2.45, 2.75) is 59.3 Å². The summed E-state index contributed by atoms with van der Waals surface area (Å²) in [5.74, 6) is 1.74. The van der Waals surface area contributed by atoms with Crippen molar-refractivity contribution in [1.82, 2.24) is 18.7 Å². The average molecular weight is 1090 g/mol. The fourth-order valence-corrected chi connectivity index (χ4v) is 14.1. The summed E-state index contributed by atoms with van der Waals surface area (Å²) in [4.78, 5) is 4.84. The van der Waals surface area contributed by atoms with Gasteiger partial charge in [0.15, 0.2) is 0 Å². The molecule has 16 rings (SSSR count). The molecule has 0 bridgehead atoms. The van der Waals surface area contributed by atoms with Crippen LogP contribution in [0.3, 0.4) is 0 Å². The molecule has 0 spiro atoms. The van der Waals surface area contributed by atoms with E-state index < -0.39 is 0 Å². The molecule has 16 aromatic rings. The molecule has 11 aromatic carbocycles. The van der Waals surface area contributed by atoms with Crippen LogP contribution in [0.4, 0.5) is 0 Å². The molecule has 6 nitrogen and oxygen atoms in total. The molecule has 0 saturated heterocycles. The van der Waals surface area contributed by atoms with E-state index in [9.17, 15) is 0 Å². The van der Waals surface area contributed by atoms with Gasteiger partial charge in [-0.3, -0.25) is 4.57 Å². The van der Waals surface area contributed by atoms with E-state index in [-0.39, 0.29) is 0 Å². The molecule has 0 radical (unpaired) electrons. The van der Waals surface area contributed by atoms with E-state index in [2.05, 4.69) is 279 Å². The van der Waals surface area contributed by atoms with E-state index in [4.69, 9.17) is 13.8 Å². The van der Waals surface area contributed by atoms with Crippen molar-refractivity contribution in [2.24, 2.45) is 0 Å². The maximum Gasteiger partial charge on any atom is 0.144 e. The maximum atomic E-state index is 6.57. The van der Waals surface area contributed by atoms with Gasteiger partial charge in [0.05, 0.1) is 27.8 Å². The third kappa shape index (κ3) is 8.03. The van der Waals surface area contributed by atoms with Crippen molar-refractivity contribution in [3.8, 4) is 50.7 Å². The molecule has 5 heterocycles. The Bertz CT molecular complexity index is 5210. The lowest BCUT2D eigenvalue weighted by molar-refractivity contribution is 0.545.